The Morgan fingerprint density at radius 3 is 2.65 bits per heavy atom. The molecule has 0 bridgehead atoms. The van der Waals surface area contributed by atoms with E-state index in [9.17, 15) is 0 Å². The Hall–Kier alpha value is -2.89. The third-order valence-electron chi connectivity index (χ3n) is 3.02. The van der Waals surface area contributed by atoms with Crippen LogP contribution in [0.2, 0.25) is 0 Å². The number of anilines is 2. The summed E-state index contributed by atoms with van der Waals surface area (Å²) in [5.41, 5.74) is 9.61. The van der Waals surface area contributed by atoms with Crippen LogP contribution in [0.3, 0.4) is 0 Å². The first-order valence-electron chi connectivity index (χ1n) is 6.24. The predicted octanol–water partition coefficient (Wildman–Crippen LogP) is 1.86. The van der Waals surface area contributed by atoms with Gasteiger partial charge in [-0.25, -0.2) is 0 Å². The molecule has 3 rings (SSSR count). The zero-order valence-electron chi connectivity index (χ0n) is 10.8. The Bertz CT molecular complexity index is 692. The highest BCUT2D eigenvalue weighted by Crippen LogP contribution is 2.20. The molecule has 0 amide bonds. The van der Waals surface area contributed by atoms with Gasteiger partial charge < -0.3 is 11.1 Å². The van der Waals surface area contributed by atoms with Gasteiger partial charge in [-0.2, -0.15) is 4.68 Å². The molecule has 0 atom stereocenters. The smallest absolute Gasteiger partial charge is 0.143 e. The van der Waals surface area contributed by atoms with Crippen LogP contribution < -0.4 is 11.1 Å². The van der Waals surface area contributed by atoms with Crippen LogP contribution in [0, 0.1) is 0 Å². The van der Waals surface area contributed by atoms with Crippen LogP contribution in [-0.4, -0.2) is 20.2 Å². The Morgan fingerprint density at radius 2 is 1.85 bits per heavy atom. The van der Waals surface area contributed by atoms with E-state index in [1.54, 1.807) is 11.0 Å². The summed E-state index contributed by atoms with van der Waals surface area (Å²) in [5, 5.41) is 14.6. The fourth-order valence-corrected chi connectivity index (χ4v) is 1.98. The van der Waals surface area contributed by atoms with E-state index in [2.05, 4.69) is 20.8 Å². The Kier molecular flexibility index (Phi) is 3.28. The summed E-state index contributed by atoms with van der Waals surface area (Å²) >= 11 is 0. The van der Waals surface area contributed by atoms with E-state index >= 15 is 0 Å². The van der Waals surface area contributed by atoms with E-state index in [0.29, 0.717) is 6.54 Å². The van der Waals surface area contributed by atoms with Crippen molar-refractivity contribution in [2.24, 2.45) is 0 Å². The van der Waals surface area contributed by atoms with Gasteiger partial charge in [-0.05, 0) is 34.2 Å². The first kappa shape index (κ1) is 12.2. The van der Waals surface area contributed by atoms with Crippen molar-refractivity contribution in [3.05, 3.63) is 60.4 Å². The average molecular weight is 266 g/mol. The van der Waals surface area contributed by atoms with Gasteiger partial charge in [0.15, 0.2) is 0 Å². The van der Waals surface area contributed by atoms with Crippen molar-refractivity contribution in [3.8, 4) is 5.69 Å². The van der Waals surface area contributed by atoms with Crippen LogP contribution in [0.5, 0.6) is 0 Å². The average Bonchev–Trinajstić information content (AvgIpc) is 3.01. The summed E-state index contributed by atoms with van der Waals surface area (Å²) in [6, 6.07) is 15.6. The lowest BCUT2D eigenvalue weighted by molar-refractivity contribution is 0.789. The lowest BCUT2D eigenvalue weighted by Crippen LogP contribution is -2.06. The van der Waals surface area contributed by atoms with Gasteiger partial charge in [-0.1, -0.05) is 30.3 Å². The second-order valence-corrected chi connectivity index (χ2v) is 4.32. The molecule has 0 spiro atoms. The molecule has 0 fully saturated rings. The number of para-hydroxylation sites is 3. The molecule has 0 saturated carbocycles. The minimum absolute atomic E-state index is 0.645. The molecule has 0 aliphatic rings. The van der Waals surface area contributed by atoms with Gasteiger partial charge in [0.1, 0.15) is 6.33 Å². The number of tetrazole rings is 1. The van der Waals surface area contributed by atoms with Crippen LogP contribution in [0.4, 0.5) is 11.4 Å². The number of benzene rings is 2. The molecule has 3 N–H and O–H groups in total. The van der Waals surface area contributed by atoms with Gasteiger partial charge in [-0.15, -0.1) is 5.10 Å². The molecule has 0 unspecified atom stereocenters. The van der Waals surface area contributed by atoms with Gasteiger partial charge >= 0.3 is 0 Å². The van der Waals surface area contributed by atoms with E-state index in [0.717, 1.165) is 22.6 Å². The van der Waals surface area contributed by atoms with Crippen molar-refractivity contribution in [2.45, 2.75) is 6.54 Å². The summed E-state index contributed by atoms with van der Waals surface area (Å²) < 4.78 is 1.62. The zero-order chi connectivity index (χ0) is 13.8. The standard InChI is InChI=1S/C14H14N6/c15-12-6-2-1-5-11(12)9-16-13-7-3-4-8-14(13)20-10-17-18-19-20/h1-8,10,16H,9,15H2. The van der Waals surface area contributed by atoms with Crippen molar-refractivity contribution in [1.29, 1.82) is 0 Å². The van der Waals surface area contributed by atoms with Crippen molar-refractivity contribution >= 4 is 11.4 Å². The Labute approximate surface area is 116 Å². The molecule has 6 nitrogen and oxygen atoms in total. The highest BCUT2D eigenvalue weighted by Gasteiger charge is 2.05. The first-order valence-corrected chi connectivity index (χ1v) is 6.24. The van der Waals surface area contributed by atoms with Crippen molar-refractivity contribution in [3.63, 3.8) is 0 Å². The Morgan fingerprint density at radius 1 is 1.05 bits per heavy atom. The van der Waals surface area contributed by atoms with Gasteiger partial charge in [0.05, 0.1) is 11.4 Å². The molecule has 1 heterocycles. The van der Waals surface area contributed by atoms with E-state index in [4.69, 9.17) is 5.73 Å². The number of rotatable bonds is 4. The molecule has 0 aliphatic carbocycles. The maximum absolute atomic E-state index is 5.94. The monoisotopic (exact) mass is 266 g/mol. The molecular weight excluding hydrogens is 252 g/mol. The molecular formula is C14H14N6. The number of hydrogen-bond donors (Lipinski definition) is 2. The minimum atomic E-state index is 0.645. The lowest BCUT2D eigenvalue weighted by Gasteiger charge is -2.12. The molecule has 0 radical (unpaired) electrons. The molecule has 3 aromatic rings. The van der Waals surface area contributed by atoms with Crippen LogP contribution >= 0.6 is 0 Å². The molecule has 1 aromatic heterocycles. The van der Waals surface area contributed by atoms with Crippen molar-refractivity contribution < 1.29 is 0 Å². The second-order valence-electron chi connectivity index (χ2n) is 4.32. The van der Waals surface area contributed by atoms with Crippen LogP contribution in [0.15, 0.2) is 54.9 Å². The van der Waals surface area contributed by atoms with Crippen molar-refractivity contribution in [1.82, 2.24) is 20.2 Å². The van der Waals surface area contributed by atoms with Gasteiger partial charge in [-0.3, -0.25) is 0 Å². The second kappa shape index (κ2) is 5.40. The summed E-state index contributed by atoms with van der Waals surface area (Å²) in [6.45, 7) is 0.645. The van der Waals surface area contributed by atoms with Gasteiger partial charge in [0.25, 0.3) is 0 Å². The third kappa shape index (κ3) is 2.44. The number of aromatic nitrogens is 4. The molecule has 0 saturated heterocycles. The van der Waals surface area contributed by atoms with E-state index in [1.807, 2.05) is 48.5 Å². The number of nitrogens with zero attached hydrogens (tertiary/aromatic N) is 4. The number of nitrogens with one attached hydrogen (secondary N) is 1. The topological polar surface area (TPSA) is 81.6 Å². The summed E-state index contributed by atoms with van der Waals surface area (Å²) in [4.78, 5) is 0. The Balaban J connectivity index is 1.84. The normalized spacial score (nSPS) is 10.4. The fraction of sp³-hybridized carbons (Fsp3) is 0.0714. The maximum Gasteiger partial charge on any atom is 0.143 e. The SMILES string of the molecule is Nc1ccccc1CNc1ccccc1-n1cnnn1. The number of nitrogens with two attached hydrogens (primary N) is 1. The van der Waals surface area contributed by atoms with E-state index in [1.165, 1.54) is 0 Å². The summed E-state index contributed by atoms with van der Waals surface area (Å²) in [7, 11) is 0. The van der Waals surface area contributed by atoms with Gasteiger partial charge in [0, 0.05) is 12.2 Å². The van der Waals surface area contributed by atoms with Crippen molar-refractivity contribution in [2.75, 3.05) is 11.1 Å². The number of nitrogen functional groups attached to an aromatic ring is 1. The molecule has 2 aromatic carbocycles. The maximum atomic E-state index is 5.94. The van der Waals surface area contributed by atoms with E-state index < -0.39 is 0 Å². The van der Waals surface area contributed by atoms with Gasteiger partial charge in [0.2, 0.25) is 0 Å². The zero-order valence-corrected chi connectivity index (χ0v) is 10.8. The fourth-order valence-electron chi connectivity index (χ4n) is 1.98. The van der Waals surface area contributed by atoms with Crippen LogP contribution in [0.1, 0.15) is 5.56 Å². The van der Waals surface area contributed by atoms with Crippen LogP contribution in [-0.2, 0) is 6.54 Å². The molecule has 6 heteroatoms. The minimum Gasteiger partial charge on any atom is -0.398 e. The molecule has 100 valence electrons. The number of hydrogen-bond acceptors (Lipinski definition) is 5. The predicted molar refractivity (Wildman–Crippen MR) is 77.3 cm³/mol. The highest BCUT2D eigenvalue weighted by atomic mass is 15.5. The molecule has 0 aliphatic heterocycles. The summed E-state index contributed by atoms with van der Waals surface area (Å²) in [6.07, 6.45) is 1.57. The quantitative estimate of drug-likeness (QED) is 0.704. The summed E-state index contributed by atoms with van der Waals surface area (Å²) in [5.74, 6) is 0. The van der Waals surface area contributed by atoms with E-state index in [-0.39, 0.29) is 0 Å². The largest absolute Gasteiger partial charge is 0.398 e. The molecule has 20 heavy (non-hydrogen) atoms. The third-order valence-corrected chi connectivity index (χ3v) is 3.02. The lowest BCUT2D eigenvalue weighted by atomic mass is 10.1. The van der Waals surface area contributed by atoms with Crippen LogP contribution in [0.25, 0.3) is 5.69 Å². The first-order chi connectivity index (χ1) is 9.84. The highest BCUT2D eigenvalue weighted by molar-refractivity contribution is 5.61.